The van der Waals surface area contributed by atoms with Crippen molar-refractivity contribution in [3.8, 4) is 0 Å². The van der Waals surface area contributed by atoms with Crippen LogP contribution in [0, 0.1) is 18.6 Å². The zero-order chi connectivity index (χ0) is 15.1. The van der Waals surface area contributed by atoms with Crippen molar-refractivity contribution in [2.24, 2.45) is 0 Å². The molecule has 0 spiro atoms. The third-order valence-electron chi connectivity index (χ3n) is 3.32. The summed E-state index contributed by atoms with van der Waals surface area (Å²) in [5.74, 6) is -0.353. The largest absolute Gasteiger partial charge is 0.444 e. The molecule has 21 heavy (non-hydrogen) atoms. The number of imidazole rings is 1. The number of fused-ring (bicyclic) bond motifs is 1. The number of nitrogens with zero attached hydrogens (tertiary/aromatic N) is 3. The first-order valence-corrected chi connectivity index (χ1v) is 6.89. The fourth-order valence-corrected chi connectivity index (χ4v) is 2.55. The van der Waals surface area contributed by atoms with E-state index < -0.39 is 17.7 Å². The Morgan fingerprint density at radius 3 is 2.76 bits per heavy atom. The van der Waals surface area contributed by atoms with E-state index in [0.717, 1.165) is 6.07 Å². The summed E-state index contributed by atoms with van der Waals surface area (Å²) in [7, 11) is 0. The van der Waals surface area contributed by atoms with Crippen LogP contribution < -0.4 is 0 Å². The molecular weight excluding hydrogens is 300 g/mol. The molecule has 2 heterocycles. The summed E-state index contributed by atoms with van der Waals surface area (Å²) in [5, 5.41) is 0. The molecule has 1 aromatic carbocycles. The van der Waals surface area contributed by atoms with Gasteiger partial charge in [0.05, 0.1) is 17.6 Å². The van der Waals surface area contributed by atoms with E-state index in [4.69, 9.17) is 16.0 Å². The average molecular weight is 312 g/mol. The molecule has 0 aliphatic heterocycles. The van der Waals surface area contributed by atoms with Gasteiger partial charge in [0, 0.05) is 0 Å². The van der Waals surface area contributed by atoms with Crippen molar-refractivity contribution in [3.63, 3.8) is 0 Å². The van der Waals surface area contributed by atoms with Crippen molar-refractivity contribution in [2.45, 2.75) is 25.8 Å². The minimum Gasteiger partial charge on any atom is -0.444 e. The molecule has 110 valence electrons. The highest BCUT2D eigenvalue weighted by Gasteiger charge is 2.23. The summed E-state index contributed by atoms with van der Waals surface area (Å²) in [6.45, 7) is 3.53. The molecule has 3 aromatic rings. The van der Waals surface area contributed by atoms with Gasteiger partial charge in [-0.1, -0.05) is 0 Å². The molecule has 0 saturated heterocycles. The highest BCUT2D eigenvalue weighted by atomic mass is 35.5. The Morgan fingerprint density at radius 2 is 2.14 bits per heavy atom. The number of halogens is 3. The fraction of sp³-hybridized carbons (Fsp3) is 0.286. The van der Waals surface area contributed by atoms with Gasteiger partial charge < -0.3 is 8.98 Å². The number of aryl methyl sites for hydroxylation is 1. The first-order chi connectivity index (χ1) is 10.0. The van der Waals surface area contributed by atoms with Gasteiger partial charge in [0.25, 0.3) is 0 Å². The molecule has 0 N–H and O–H groups in total. The molecule has 0 fully saturated rings. The molecule has 7 heteroatoms. The lowest BCUT2D eigenvalue weighted by Crippen LogP contribution is -2.11. The Morgan fingerprint density at radius 1 is 1.38 bits per heavy atom. The van der Waals surface area contributed by atoms with Gasteiger partial charge >= 0.3 is 0 Å². The third kappa shape index (κ3) is 2.19. The van der Waals surface area contributed by atoms with E-state index in [1.165, 1.54) is 10.6 Å². The maximum absolute atomic E-state index is 14.2. The molecule has 1 unspecified atom stereocenters. The molecule has 4 nitrogen and oxygen atoms in total. The van der Waals surface area contributed by atoms with Crippen LogP contribution in [0.15, 0.2) is 22.7 Å². The number of rotatable bonds is 3. The average Bonchev–Trinajstić information content (AvgIpc) is 3.06. The smallest absolute Gasteiger partial charge is 0.217 e. The maximum atomic E-state index is 14.2. The van der Waals surface area contributed by atoms with Gasteiger partial charge in [-0.05, 0) is 26.0 Å². The Labute approximate surface area is 124 Å². The molecule has 3 rings (SSSR count). The van der Waals surface area contributed by atoms with Crippen LogP contribution in [0.2, 0.25) is 0 Å². The minimum atomic E-state index is -0.952. The Bertz CT molecular complexity index is 812. The number of hydrogen-bond acceptors (Lipinski definition) is 3. The fourth-order valence-electron chi connectivity index (χ4n) is 2.36. The Hall–Kier alpha value is -1.95. The van der Waals surface area contributed by atoms with Gasteiger partial charge in [0.15, 0.2) is 11.6 Å². The van der Waals surface area contributed by atoms with E-state index in [1.54, 1.807) is 20.0 Å². The molecule has 0 bridgehead atoms. The molecule has 0 radical (unpaired) electrons. The van der Waals surface area contributed by atoms with E-state index in [9.17, 15) is 8.78 Å². The van der Waals surface area contributed by atoms with Crippen molar-refractivity contribution in [2.75, 3.05) is 0 Å². The molecule has 0 aliphatic carbocycles. The van der Waals surface area contributed by atoms with Gasteiger partial charge in [0.1, 0.15) is 23.1 Å². The zero-order valence-electron chi connectivity index (χ0n) is 11.4. The monoisotopic (exact) mass is 311 g/mol. The SMILES string of the molecule is Cc1cnc(C(C)n2c(CCl)nc3ccc(F)c(F)c32)o1. The number of aromatic nitrogens is 3. The highest BCUT2D eigenvalue weighted by Crippen LogP contribution is 2.29. The topological polar surface area (TPSA) is 43.9 Å². The van der Waals surface area contributed by atoms with Crippen molar-refractivity contribution >= 4 is 22.6 Å². The molecule has 0 saturated carbocycles. The second-order valence-electron chi connectivity index (χ2n) is 4.75. The van der Waals surface area contributed by atoms with Crippen LogP contribution in [-0.4, -0.2) is 14.5 Å². The van der Waals surface area contributed by atoms with E-state index >= 15 is 0 Å². The Kier molecular flexibility index (Phi) is 3.41. The van der Waals surface area contributed by atoms with E-state index in [2.05, 4.69) is 9.97 Å². The summed E-state index contributed by atoms with van der Waals surface area (Å²) in [5.41, 5.74) is 0.411. The second kappa shape index (κ2) is 5.11. The number of oxazole rings is 1. The van der Waals surface area contributed by atoms with Gasteiger partial charge in [-0.2, -0.15) is 0 Å². The van der Waals surface area contributed by atoms with Crippen LogP contribution in [0.25, 0.3) is 11.0 Å². The molecule has 1 atom stereocenters. The van der Waals surface area contributed by atoms with E-state index in [-0.39, 0.29) is 11.4 Å². The standard InChI is InChI=1S/C14H12ClF2N3O/c1-7-6-18-14(21-7)8(2)20-11(5-15)19-10-4-3-9(16)12(17)13(10)20/h3-4,6,8H,5H2,1-2H3. The lowest BCUT2D eigenvalue weighted by Gasteiger charge is -2.14. The minimum absolute atomic E-state index is 0.0639. The molecule has 0 amide bonds. The zero-order valence-corrected chi connectivity index (χ0v) is 12.2. The van der Waals surface area contributed by atoms with E-state index in [0.29, 0.717) is 23.0 Å². The summed E-state index contributed by atoms with van der Waals surface area (Å²) >= 11 is 5.88. The predicted octanol–water partition coefficient (Wildman–Crippen LogP) is 3.96. The Balaban J connectivity index is 2.27. The number of alkyl halides is 1. The predicted molar refractivity (Wildman–Crippen MR) is 74.3 cm³/mol. The summed E-state index contributed by atoms with van der Waals surface area (Å²) in [6, 6.07) is 2.02. The molecular formula is C14H12ClF2N3O. The lowest BCUT2D eigenvalue weighted by atomic mass is 10.2. The third-order valence-corrected chi connectivity index (χ3v) is 3.56. The first-order valence-electron chi connectivity index (χ1n) is 6.36. The molecule has 0 aliphatic rings. The summed E-state index contributed by atoms with van der Waals surface area (Å²) in [6.07, 6.45) is 1.57. The normalized spacial score (nSPS) is 13.0. The maximum Gasteiger partial charge on any atom is 0.217 e. The van der Waals surface area contributed by atoms with Crippen LogP contribution in [0.4, 0.5) is 8.78 Å². The van der Waals surface area contributed by atoms with Crippen LogP contribution >= 0.6 is 11.6 Å². The van der Waals surface area contributed by atoms with Crippen molar-refractivity contribution in [1.82, 2.24) is 14.5 Å². The van der Waals surface area contributed by atoms with Crippen molar-refractivity contribution < 1.29 is 13.2 Å². The van der Waals surface area contributed by atoms with Crippen LogP contribution in [-0.2, 0) is 5.88 Å². The van der Waals surface area contributed by atoms with Gasteiger partial charge in [-0.25, -0.2) is 18.7 Å². The molecule has 2 aromatic heterocycles. The quantitative estimate of drug-likeness (QED) is 0.688. The summed E-state index contributed by atoms with van der Waals surface area (Å²) in [4.78, 5) is 8.37. The van der Waals surface area contributed by atoms with Crippen LogP contribution in [0.1, 0.15) is 30.4 Å². The van der Waals surface area contributed by atoms with Crippen LogP contribution in [0.5, 0.6) is 0 Å². The van der Waals surface area contributed by atoms with Crippen molar-refractivity contribution in [1.29, 1.82) is 0 Å². The van der Waals surface area contributed by atoms with Gasteiger partial charge in [-0.15, -0.1) is 11.6 Å². The van der Waals surface area contributed by atoms with E-state index in [1.807, 2.05) is 0 Å². The van der Waals surface area contributed by atoms with Crippen molar-refractivity contribution in [3.05, 3.63) is 47.4 Å². The summed E-state index contributed by atoms with van der Waals surface area (Å²) < 4.78 is 34.7. The van der Waals surface area contributed by atoms with Gasteiger partial charge in [0.2, 0.25) is 5.89 Å². The van der Waals surface area contributed by atoms with Crippen LogP contribution in [0.3, 0.4) is 0 Å². The first kappa shape index (κ1) is 14.0. The van der Waals surface area contributed by atoms with Gasteiger partial charge in [-0.3, -0.25) is 0 Å². The highest BCUT2D eigenvalue weighted by molar-refractivity contribution is 6.16. The number of hydrogen-bond donors (Lipinski definition) is 0. The lowest BCUT2D eigenvalue weighted by molar-refractivity contribution is 0.412. The number of benzene rings is 1. The second-order valence-corrected chi connectivity index (χ2v) is 5.01.